The molecule has 0 unspecified atom stereocenters. The summed E-state index contributed by atoms with van der Waals surface area (Å²) >= 11 is 0. The maximum absolute atomic E-state index is 12.4. The molecule has 110 valence electrons. The fraction of sp³-hybridized carbons (Fsp3) is 0.385. The molecule has 3 rings (SSSR count). The van der Waals surface area contributed by atoms with Crippen molar-refractivity contribution < 1.29 is 14.1 Å². The fourth-order valence-corrected chi connectivity index (χ4v) is 2.44. The molecule has 8 nitrogen and oxygen atoms in total. The van der Waals surface area contributed by atoms with E-state index < -0.39 is 6.04 Å². The van der Waals surface area contributed by atoms with Gasteiger partial charge >= 0.3 is 0 Å². The van der Waals surface area contributed by atoms with Gasteiger partial charge in [-0.1, -0.05) is 5.16 Å². The second kappa shape index (κ2) is 5.04. The molecule has 1 aliphatic heterocycles. The van der Waals surface area contributed by atoms with Crippen LogP contribution in [-0.2, 0) is 11.3 Å². The highest BCUT2D eigenvalue weighted by Gasteiger charge is 2.33. The predicted octanol–water partition coefficient (Wildman–Crippen LogP) is 0.123. The number of nitrogens with one attached hydrogen (secondary N) is 1. The van der Waals surface area contributed by atoms with E-state index in [9.17, 15) is 9.59 Å². The van der Waals surface area contributed by atoms with Gasteiger partial charge in [-0.15, -0.1) is 0 Å². The Morgan fingerprint density at radius 2 is 2.29 bits per heavy atom. The summed E-state index contributed by atoms with van der Waals surface area (Å²) in [5, 5.41) is 10.5. The van der Waals surface area contributed by atoms with Crippen LogP contribution < -0.4 is 5.32 Å². The molecule has 0 aromatic carbocycles. The molecule has 0 aliphatic carbocycles. The van der Waals surface area contributed by atoms with Crippen LogP contribution in [0.5, 0.6) is 0 Å². The van der Waals surface area contributed by atoms with Crippen molar-refractivity contribution in [3.8, 4) is 0 Å². The number of carbonyl (C=O) groups excluding carboxylic acids is 2. The molecule has 2 aromatic rings. The Hall–Kier alpha value is -2.64. The van der Waals surface area contributed by atoms with Gasteiger partial charge in [-0.2, -0.15) is 5.10 Å². The third-order valence-electron chi connectivity index (χ3n) is 3.48. The van der Waals surface area contributed by atoms with E-state index in [1.807, 2.05) is 0 Å². The Morgan fingerprint density at radius 1 is 1.48 bits per heavy atom. The van der Waals surface area contributed by atoms with Gasteiger partial charge in [0.2, 0.25) is 5.91 Å². The predicted molar refractivity (Wildman–Crippen MR) is 71.3 cm³/mol. The molecule has 0 radical (unpaired) electrons. The van der Waals surface area contributed by atoms with Crippen LogP contribution in [0.15, 0.2) is 22.9 Å². The van der Waals surface area contributed by atoms with E-state index in [1.54, 1.807) is 41.9 Å². The van der Waals surface area contributed by atoms with Crippen LogP contribution in [0.1, 0.15) is 28.0 Å². The number of nitrogens with zero attached hydrogens (tertiary/aromatic N) is 4. The lowest BCUT2D eigenvalue weighted by molar-refractivity contribution is -0.125. The highest BCUT2D eigenvalue weighted by molar-refractivity contribution is 5.93. The van der Waals surface area contributed by atoms with Crippen molar-refractivity contribution in [3.63, 3.8) is 0 Å². The molecule has 21 heavy (non-hydrogen) atoms. The first-order valence-corrected chi connectivity index (χ1v) is 6.56. The van der Waals surface area contributed by atoms with Crippen molar-refractivity contribution in [2.75, 3.05) is 13.6 Å². The van der Waals surface area contributed by atoms with Crippen LogP contribution in [-0.4, -0.2) is 45.2 Å². The number of aryl methyl sites for hydroxylation is 1. The second-order valence-electron chi connectivity index (χ2n) is 4.91. The van der Waals surface area contributed by atoms with Crippen LogP contribution in [0.3, 0.4) is 0 Å². The van der Waals surface area contributed by atoms with Gasteiger partial charge in [0.05, 0.1) is 18.8 Å². The summed E-state index contributed by atoms with van der Waals surface area (Å²) in [5.41, 5.74) is 1.06. The van der Waals surface area contributed by atoms with Crippen molar-refractivity contribution in [2.24, 2.45) is 0 Å². The van der Waals surface area contributed by atoms with E-state index in [0.717, 1.165) is 5.69 Å². The van der Waals surface area contributed by atoms with Crippen LogP contribution in [0.2, 0.25) is 0 Å². The summed E-state index contributed by atoms with van der Waals surface area (Å²) in [7, 11) is 1.56. The molecule has 3 heterocycles. The molecular formula is C13H15N5O3. The van der Waals surface area contributed by atoms with Crippen molar-refractivity contribution in [1.29, 1.82) is 0 Å². The molecule has 0 saturated carbocycles. The number of amides is 2. The minimum Gasteiger partial charge on any atom is -0.361 e. The number of aromatic nitrogens is 3. The number of hydrogen-bond acceptors (Lipinski definition) is 5. The Morgan fingerprint density at radius 3 is 2.95 bits per heavy atom. The third kappa shape index (κ3) is 2.28. The van der Waals surface area contributed by atoms with Gasteiger partial charge in [0.15, 0.2) is 5.69 Å². The van der Waals surface area contributed by atoms with Crippen LogP contribution in [0, 0.1) is 6.92 Å². The number of rotatable bonds is 2. The quantitative estimate of drug-likeness (QED) is 0.847. The number of hydrogen-bond donors (Lipinski definition) is 1. The molecule has 1 N–H and O–H groups in total. The van der Waals surface area contributed by atoms with Crippen molar-refractivity contribution in [1.82, 2.24) is 25.2 Å². The zero-order valence-electron chi connectivity index (χ0n) is 11.7. The van der Waals surface area contributed by atoms with Crippen molar-refractivity contribution >= 4 is 11.8 Å². The van der Waals surface area contributed by atoms with Gasteiger partial charge < -0.3 is 14.7 Å². The smallest absolute Gasteiger partial charge is 0.276 e. The lowest BCUT2D eigenvalue weighted by Crippen LogP contribution is -2.46. The summed E-state index contributed by atoms with van der Waals surface area (Å²) in [6, 6.07) is 2.85. The van der Waals surface area contributed by atoms with Crippen molar-refractivity contribution in [3.05, 3.63) is 35.5 Å². The van der Waals surface area contributed by atoms with E-state index in [4.69, 9.17) is 4.52 Å². The molecule has 2 amide bonds. The minimum absolute atomic E-state index is 0.186. The number of carbonyl (C=O) groups is 2. The van der Waals surface area contributed by atoms with E-state index in [1.165, 1.54) is 0 Å². The maximum atomic E-state index is 12.4. The first-order chi connectivity index (χ1) is 10.1. The topological polar surface area (TPSA) is 93.3 Å². The van der Waals surface area contributed by atoms with Gasteiger partial charge in [-0.25, -0.2) is 0 Å². The van der Waals surface area contributed by atoms with Gasteiger partial charge in [0, 0.05) is 19.3 Å². The van der Waals surface area contributed by atoms with Crippen LogP contribution in [0.25, 0.3) is 0 Å². The molecule has 8 heteroatoms. The lowest BCUT2D eigenvalue weighted by Gasteiger charge is -2.32. The summed E-state index contributed by atoms with van der Waals surface area (Å²) in [4.78, 5) is 26.0. The molecular weight excluding hydrogens is 274 g/mol. The van der Waals surface area contributed by atoms with Crippen molar-refractivity contribution in [2.45, 2.75) is 19.5 Å². The fourth-order valence-electron chi connectivity index (χ4n) is 2.44. The number of likely N-dealkylation sites (N-methyl/N-ethyl adjacent to an activating group) is 1. The van der Waals surface area contributed by atoms with E-state index in [2.05, 4.69) is 15.6 Å². The maximum Gasteiger partial charge on any atom is 0.276 e. The molecule has 1 aliphatic rings. The minimum atomic E-state index is -0.536. The molecule has 0 fully saturated rings. The largest absolute Gasteiger partial charge is 0.361 e. The zero-order valence-corrected chi connectivity index (χ0v) is 11.7. The summed E-state index contributed by atoms with van der Waals surface area (Å²) < 4.78 is 6.58. The van der Waals surface area contributed by atoms with Gasteiger partial charge in [-0.05, 0) is 13.0 Å². The number of fused-ring (bicyclic) bond motifs is 1. The molecule has 0 bridgehead atoms. The lowest BCUT2D eigenvalue weighted by atomic mass is 10.1. The molecule has 0 spiro atoms. The second-order valence-corrected chi connectivity index (χ2v) is 4.91. The molecule has 1 atom stereocenters. The Bertz CT molecular complexity index is 690. The summed E-state index contributed by atoms with van der Waals surface area (Å²) in [5.74, 6) is 0.130. The zero-order chi connectivity index (χ0) is 15.0. The Labute approximate surface area is 120 Å². The van der Waals surface area contributed by atoms with Gasteiger partial charge in [-0.3, -0.25) is 14.3 Å². The molecule has 0 saturated heterocycles. The van der Waals surface area contributed by atoms with E-state index in [-0.39, 0.29) is 24.1 Å². The van der Waals surface area contributed by atoms with Crippen LogP contribution >= 0.6 is 0 Å². The first-order valence-electron chi connectivity index (χ1n) is 6.56. The standard InChI is InChI=1S/C13H15N5O3/c1-8-5-10(16-21-8)13(20)17-6-9-3-4-15-18(9)11(7-17)12(19)14-2/h3-5,11H,6-7H2,1-2H3,(H,14,19)/t11-/m0/s1. The Kier molecular flexibility index (Phi) is 3.20. The van der Waals surface area contributed by atoms with E-state index in [0.29, 0.717) is 12.3 Å². The average molecular weight is 289 g/mol. The third-order valence-corrected chi connectivity index (χ3v) is 3.48. The average Bonchev–Trinajstić information content (AvgIpc) is 3.12. The highest BCUT2D eigenvalue weighted by Crippen LogP contribution is 2.22. The van der Waals surface area contributed by atoms with Gasteiger partial charge in [0.1, 0.15) is 11.8 Å². The van der Waals surface area contributed by atoms with E-state index >= 15 is 0 Å². The summed E-state index contributed by atoms with van der Waals surface area (Å²) in [6.45, 7) is 2.36. The Balaban J connectivity index is 1.89. The monoisotopic (exact) mass is 289 g/mol. The highest BCUT2D eigenvalue weighted by atomic mass is 16.5. The first kappa shape index (κ1) is 13.3. The SMILES string of the molecule is CNC(=O)[C@@H]1CN(C(=O)c2cc(C)on2)Cc2ccnn21. The summed E-state index contributed by atoms with van der Waals surface area (Å²) in [6.07, 6.45) is 1.62. The van der Waals surface area contributed by atoms with Gasteiger partial charge in [0.25, 0.3) is 5.91 Å². The molecule has 2 aromatic heterocycles. The van der Waals surface area contributed by atoms with Crippen LogP contribution in [0.4, 0.5) is 0 Å². The normalized spacial score (nSPS) is 17.4.